The zero-order chi connectivity index (χ0) is 18.3. The van der Waals surface area contributed by atoms with Gasteiger partial charge in [0.15, 0.2) is 16.6 Å². The summed E-state index contributed by atoms with van der Waals surface area (Å²) in [5, 5.41) is 3.25. The van der Waals surface area contributed by atoms with Crippen molar-refractivity contribution in [1.82, 2.24) is 9.97 Å². The van der Waals surface area contributed by atoms with Crippen molar-refractivity contribution in [3.63, 3.8) is 0 Å². The van der Waals surface area contributed by atoms with Gasteiger partial charge in [-0.1, -0.05) is 11.3 Å². The number of carbonyl (C=O) groups excluding carboxylic acids is 1. The van der Waals surface area contributed by atoms with Crippen molar-refractivity contribution in [3.05, 3.63) is 53.2 Å². The number of anilines is 3. The number of benzene rings is 1. The van der Waals surface area contributed by atoms with Crippen LogP contribution in [0.1, 0.15) is 15.2 Å². The Hall–Kier alpha value is -3.27. The van der Waals surface area contributed by atoms with Crippen LogP contribution in [0.2, 0.25) is 0 Å². The maximum atomic E-state index is 13.1. The van der Waals surface area contributed by atoms with Gasteiger partial charge in [0, 0.05) is 29.7 Å². The highest BCUT2D eigenvalue weighted by molar-refractivity contribution is 7.18. The molecule has 2 aromatic heterocycles. The Bertz CT molecular complexity index is 994. The molecule has 0 bridgehead atoms. The molecular formula is C16H10F2N4O3S. The molecule has 7 nitrogen and oxygen atoms in total. The lowest BCUT2D eigenvalue weighted by Gasteiger charge is -2.04. The zero-order valence-electron chi connectivity index (χ0n) is 12.9. The minimum atomic E-state index is -3.68. The van der Waals surface area contributed by atoms with Gasteiger partial charge in [0.2, 0.25) is 5.78 Å². The maximum absolute atomic E-state index is 13.1. The average Bonchev–Trinajstić information content (AvgIpc) is 3.12. The van der Waals surface area contributed by atoms with Crippen molar-refractivity contribution in [3.8, 4) is 11.5 Å². The molecule has 3 N–H and O–H groups in total. The third kappa shape index (κ3) is 3.02. The number of hydrogen-bond acceptors (Lipinski definition) is 8. The van der Waals surface area contributed by atoms with E-state index >= 15 is 0 Å². The topological polar surface area (TPSA) is 99.4 Å². The third-order valence-corrected chi connectivity index (χ3v) is 4.44. The molecule has 0 fully saturated rings. The highest BCUT2D eigenvalue weighted by Crippen LogP contribution is 2.43. The summed E-state index contributed by atoms with van der Waals surface area (Å²) in [6, 6.07) is 7.36. The van der Waals surface area contributed by atoms with Gasteiger partial charge in [-0.3, -0.25) is 9.78 Å². The smallest absolute Gasteiger partial charge is 0.395 e. The van der Waals surface area contributed by atoms with E-state index in [0.717, 1.165) is 11.3 Å². The number of ketones is 1. The van der Waals surface area contributed by atoms with Crippen molar-refractivity contribution < 1.29 is 23.0 Å². The number of rotatable bonds is 4. The molecule has 0 amide bonds. The van der Waals surface area contributed by atoms with Crippen LogP contribution < -0.4 is 20.5 Å². The summed E-state index contributed by atoms with van der Waals surface area (Å²) in [5.41, 5.74) is 6.71. The lowest BCUT2D eigenvalue weighted by atomic mass is 10.1. The summed E-state index contributed by atoms with van der Waals surface area (Å²) in [7, 11) is 0. The number of thiazole rings is 1. The molecular weight excluding hydrogens is 366 g/mol. The summed E-state index contributed by atoms with van der Waals surface area (Å²) in [4.78, 5) is 20.7. The normalized spacial score (nSPS) is 14.2. The number of nitrogens with two attached hydrogens (primary N) is 1. The summed E-state index contributed by atoms with van der Waals surface area (Å²) >= 11 is 1.05. The van der Waals surface area contributed by atoms with Gasteiger partial charge < -0.3 is 20.5 Å². The Balaban J connectivity index is 1.57. The Kier molecular flexibility index (Phi) is 3.69. The van der Waals surface area contributed by atoms with E-state index in [4.69, 9.17) is 5.73 Å². The van der Waals surface area contributed by atoms with Crippen LogP contribution in [0.3, 0.4) is 0 Å². The number of nitrogens with one attached hydrogen (secondary N) is 1. The second-order valence-corrected chi connectivity index (χ2v) is 6.25. The number of nitrogens with zero attached hydrogens (tertiary/aromatic N) is 2. The quantitative estimate of drug-likeness (QED) is 0.673. The molecule has 26 heavy (non-hydrogen) atoms. The van der Waals surface area contributed by atoms with Crippen LogP contribution in [0.5, 0.6) is 11.5 Å². The molecule has 0 saturated heterocycles. The Morgan fingerprint density at radius 3 is 2.65 bits per heavy atom. The number of alkyl halides is 2. The van der Waals surface area contributed by atoms with E-state index in [-0.39, 0.29) is 28.0 Å². The van der Waals surface area contributed by atoms with Gasteiger partial charge in [0.1, 0.15) is 10.7 Å². The molecule has 4 rings (SSSR count). The highest BCUT2D eigenvalue weighted by atomic mass is 32.1. The molecule has 1 aromatic carbocycles. The minimum Gasteiger partial charge on any atom is -0.395 e. The molecule has 3 aromatic rings. The van der Waals surface area contributed by atoms with Crippen LogP contribution in [0.4, 0.5) is 25.4 Å². The Morgan fingerprint density at radius 2 is 1.88 bits per heavy atom. The molecule has 3 heterocycles. The fourth-order valence-corrected chi connectivity index (χ4v) is 3.20. The van der Waals surface area contributed by atoms with E-state index < -0.39 is 6.29 Å². The predicted octanol–water partition coefficient (Wildman–Crippen LogP) is 3.42. The molecule has 132 valence electrons. The summed E-state index contributed by atoms with van der Waals surface area (Å²) in [6.07, 6.45) is -0.672. The molecule has 1 aliphatic heterocycles. The van der Waals surface area contributed by atoms with Gasteiger partial charge in [0.05, 0.1) is 0 Å². The van der Waals surface area contributed by atoms with Crippen molar-refractivity contribution in [2.24, 2.45) is 0 Å². The fourth-order valence-electron chi connectivity index (χ4n) is 2.33. The van der Waals surface area contributed by atoms with E-state index in [1.165, 1.54) is 30.6 Å². The van der Waals surface area contributed by atoms with Gasteiger partial charge in [0.25, 0.3) is 0 Å². The standard InChI is InChI=1S/C16H10F2N4O3S/c17-16(18)24-10-2-1-9(7-11(10)25-16)21-15-22-14(19)13(26-15)12(23)8-3-5-20-6-4-8/h1-7H,19H2,(H,21,22). The largest absolute Gasteiger partial charge is 0.586 e. The van der Waals surface area contributed by atoms with Gasteiger partial charge in [-0.25, -0.2) is 4.98 Å². The van der Waals surface area contributed by atoms with E-state index in [1.807, 2.05) is 0 Å². The predicted molar refractivity (Wildman–Crippen MR) is 90.1 cm³/mol. The van der Waals surface area contributed by atoms with Gasteiger partial charge in [-0.15, -0.1) is 8.78 Å². The Labute approximate surface area is 149 Å². The number of hydrogen-bond donors (Lipinski definition) is 2. The molecule has 0 radical (unpaired) electrons. The molecule has 10 heteroatoms. The number of ether oxygens (including phenoxy) is 2. The van der Waals surface area contributed by atoms with Gasteiger partial charge in [-0.2, -0.15) is 0 Å². The van der Waals surface area contributed by atoms with Crippen LogP contribution in [0.15, 0.2) is 42.7 Å². The number of aromatic nitrogens is 2. The van der Waals surface area contributed by atoms with Crippen molar-refractivity contribution in [1.29, 1.82) is 0 Å². The summed E-state index contributed by atoms with van der Waals surface area (Å²) in [6.45, 7) is 0. The van der Waals surface area contributed by atoms with E-state index in [1.54, 1.807) is 12.1 Å². The lowest BCUT2D eigenvalue weighted by molar-refractivity contribution is -0.286. The first kappa shape index (κ1) is 16.2. The molecule has 0 atom stereocenters. The molecule has 0 unspecified atom stereocenters. The number of fused-ring (bicyclic) bond motifs is 1. The van der Waals surface area contributed by atoms with Crippen LogP contribution in [0.25, 0.3) is 0 Å². The van der Waals surface area contributed by atoms with Crippen molar-refractivity contribution in [2.75, 3.05) is 11.1 Å². The number of carbonyl (C=O) groups is 1. The van der Waals surface area contributed by atoms with Crippen LogP contribution in [0, 0.1) is 0 Å². The second-order valence-electron chi connectivity index (χ2n) is 5.25. The fraction of sp³-hybridized carbons (Fsp3) is 0.0625. The summed E-state index contributed by atoms with van der Waals surface area (Å²) < 4.78 is 34.9. The van der Waals surface area contributed by atoms with Crippen LogP contribution >= 0.6 is 11.3 Å². The SMILES string of the molecule is Nc1nc(Nc2ccc3c(c2)OC(F)(F)O3)sc1C(=O)c1ccncc1. The second kappa shape index (κ2) is 5.92. The third-order valence-electron chi connectivity index (χ3n) is 3.45. The summed E-state index contributed by atoms with van der Waals surface area (Å²) in [5.74, 6) is -0.363. The highest BCUT2D eigenvalue weighted by Gasteiger charge is 2.43. The molecule has 1 aliphatic rings. The van der Waals surface area contributed by atoms with E-state index in [0.29, 0.717) is 16.4 Å². The maximum Gasteiger partial charge on any atom is 0.586 e. The first-order valence-electron chi connectivity index (χ1n) is 7.29. The molecule has 0 saturated carbocycles. The first-order chi connectivity index (χ1) is 12.4. The average molecular weight is 376 g/mol. The number of halogens is 2. The van der Waals surface area contributed by atoms with Crippen LogP contribution in [-0.4, -0.2) is 22.0 Å². The first-order valence-corrected chi connectivity index (χ1v) is 8.11. The van der Waals surface area contributed by atoms with E-state index in [9.17, 15) is 13.6 Å². The minimum absolute atomic E-state index is 0.0623. The lowest BCUT2D eigenvalue weighted by Crippen LogP contribution is -2.25. The van der Waals surface area contributed by atoms with Crippen molar-refractivity contribution >= 4 is 33.8 Å². The van der Waals surface area contributed by atoms with Crippen molar-refractivity contribution in [2.45, 2.75) is 6.29 Å². The number of nitrogen functional groups attached to an aromatic ring is 1. The number of pyridine rings is 1. The molecule has 0 spiro atoms. The zero-order valence-corrected chi connectivity index (χ0v) is 13.7. The van der Waals surface area contributed by atoms with Gasteiger partial charge >= 0.3 is 6.29 Å². The monoisotopic (exact) mass is 376 g/mol. The van der Waals surface area contributed by atoms with E-state index in [2.05, 4.69) is 24.8 Å². The van der Waals surface area contributed by atoms with Crippen LogP contribution in [-0.2, 0) is 0 Å². The molecule has 0 aliphatic carbocycles. The van der Waals surface area contributed by atoms with Gasteiger partial charge in [-0.05, 0) is 24.3 Å². The Morgan fingerprint density at radius 1 is 1.15 bits per heavy atom.